The molecule has 2 bridgehead atoms. The highest BCUT2D eigenvalue weighted by atomic mass is 16.5. The van der Waals surface area contributed by atoms with Crippen molar-refractivity contribution >= 4 is 35.0 Å². The van der Waals surface area contributed by atoms with Crippen molar-refractivity contribution in [2.45, 2.75) is 109 Å². The maximum absolute atomic E-state index is 13.8. The molecule has 63 heavy (non-hydrogen) atoms. The van der Waals surface area contributed by atoms with Crippen LogP contribution in [0.1, 0.15) is 119 Å². The van der Waals surface area contributed by atoms with E-state index in [1.54, 1.807) is 0 Å². The van der Waals surface area contributed by atoms with Crippen LogP contribution in [0.25, 0.3) is 44.5 Å². The molecule has 1 saturated carbocycles. The number of fused-ring (bicyclic) bond motifs is 6. The monoisotopic (exact) mass is 854 g/mol. The maximum atomic E-state index is 13.8. The average molecular weight is 855 g/mol. The summed E-state index contributed by atoms with van der Waals surface area (Å²) in [6.07, 6.45) is 7.54. The zero-order chi connectivity index (χ0) is 44.1. The number of hydrogen-bond acceptors (Lipinski definition) is 8. The second kappa shape index (κ2) is 17.2. The SMILES string of the molecule is COC(=O)NC(C(=O)N1CCCC1c1ncc(-c2ccc(-c3ccc(-c4ccc5nc(C6CCCN6C(=O)C(NC(=O)OC)C(C)C)[nH]c5c4)cc3)c3c2C2CCC3C2)[nH]1)C(C)C. The molecule has 4 aliphatic rings. The van der Waals surface area contributed by atoms with Gasteiger partial charge in [-0.15, -0.1) is 0 Å². The van der Waals surface area contributed by atoms with Crippen LogP contribution in [0.4, 0.5) is 9.59 Å². The summed E-state index contributed by atoms with van der Waals surface area (Å²) in [6, 6.07) is 17.9. The summed E-state index contributed by atoms with van der Waals surface area (Å²) in [6.45, 7) is 8.89. The lowest BCUT2D eigenvalue weighted by Crippen LogP contribution is -2.51. The molecule has 4 heterocycles. The number of methoxy groups -OCH3 is 2. The fourth-order valence-corrected chi connectivity index (χ4v) is 10.7. The molecule has 14 nitrogen and oxygen atoms in total. The summed E-state index contributed by atoms with van der Waals surface area (Å²) >= 11 is 0. The second-order valence-corrected chi connectivity index (χ2v) is 18.4. The largest absolute Gasteiger partial charge is 0.453 e. The van der Waals surface area contributed by atoms with Gasteiger partial charge < -0.3 is 39.9 Å². The number of amides is 4. The highest BCUT2D eigenvalue weighted by molar-refractivity contribution is 5.88. The van der Waals surface area contributed by atoms with Crippen molar-refractivity contribution in [3.8, 4) is 33.5 Å². The van der Waals surface area contributed by atoms with Crippen LogP contribution in [0.3, 0.4) is 0 Å². The van der Waals surface area contributed by atoms with Gasteiger partial charge in [-0.05, 0) is 114 Å². The van der Waals surface area contributed by atoms with E-state index in [1.807, 2.05) is 49.8 Å². The van der Waals surface area contributed by atoms with Crippen LogP contribution in [0, 0.1) is 11.8 Å². The van der Waals surface area contributed by atoms with Crippen molar-refractivity contribution in [3.63, 3.8) is 0 Å². The number of aromatic amines is 2. The van der Waals surface area contributed by atoms with Crippen molar-refractivity contribution in [3.05, 3.63) is 83.6 Å². The number of rotatable bonds is 11. The number of imidazole rings is 2. The van der Waals surface area contributed by atoms with E-state index < -0.39 is 24.3 Å². The van der Waals surface area contributed by atoms with Gasteiger partial charge in [-0.2, -0.15) is 0 Å². The Bertz CT molecular complexity index is 2540. The number of ether oxygens (including phenoxy) is 2. The molecule has 330 valence electrons. The predicted molar refractivity (Wildman–Crippen MR) is 240 cm³/mol. The summed E-state index contributed by atoms with van der Waals surface area (Å²) in [5.74, 6) is 2.10. The zero-order valence-electron chi connectivity index (χ0n) is 37.0. The molecular formula is C49H58N8O6. The predicted octanol–water partition coefficient (Wildman–Crippen LogP) is 8.74. The fourth-order valence-electron chi connectivity index (χ4n) is 10.7. The van der Waals surface area contributed by atoms with E-state index in [1.165, 1.54) is 54.9 Å². The van der Waals surface area contributed by atoms with Crippen LogP contribution >= 0.6 is 0 Å². The average Bonchev–Trinajstić information content (AvgIpc) is 4.16. The molecule has 2 aliphatic carbocycles. The Morgan fingerprint density at radius 2 is 1.21 bits per heavy atom. The number of alkyl carbamates (subject to hydrolysis) is 2. The highest BCUT2D eigenvalue weighted by Gasteiger charge is 2.42. The number of nitrogens with one attached hydrogen (secondary N) is 4. The molecule has 5 aromatic rings. The molecule has 0 radical (unpaired) electrons. The molecule has 2 aliphatic heterocycles. The highest BCUT2D eigenvalue weighted by Crippen LogP contribution is 2.58. The number of nitrogens with zero attached hydrogens (tertiary/aromatic N) is 4. The third kappa shape index (κ3) is 7.82. The lowest BCUT2D eigenvalue weighted by Gasteiger charge is -2.30. The first-order chi connectivity index (χ1) is 30.4. The molecule has 2 saturated heterocycles. The van der Waals surface area contributed by atoms with Gasteiger partial charge in [-0.1, -0.05) is 70.2 Å². The quantitative estimate of drug-likeness (QED) is 0.102. The number of aromatic nitrogens is 4. The van der Waals surface area contributed by atoms with Crippen LogP contribution in [0.2, 0.25) is 0 Å². The van der Waals surface area contributed by atoms with Crippen LogP contribution in [0.5, 0.6) is 0 Å². The van der Waals surface area contributed by atoms with Gasteiger partial charge in [0.05, 0.1) is 49.2 Å². The van der Waals surface area contributed by atoms with Crippen molar-refractivity contribution in [2.24, 2.45) is 11.8 Å². The molecule has 3 aromatic carbocycles. The first kappa shape index (κ1) is 42.1. The summed E-state index contributed by atoms with van der Waals surface area (Å²) in [5, 5.41) is 5.47. The standard InChI is InChI=1S/C49H58N8O6/c1-26(2)42(54-48(60)62-5)46(58)56-21-7-9-38(56)44-50-25-37(53-44)34-19-18-33(40-31-15-16-32(23-31)41(34)40)29-13-11-28(12-14-29)30-17-20-35-36(24-30)52-45(51-35)39-10-8-22-57(39)47(59)43(27(3)4)55-49(61)63-6/h11-14,17-20,24-27,31-32,38-39,42-43H,7-10,15-16,21-23H2,1-6H3,(H,50,53)(H,51,52)(H,54,60)(H,55,61). The summed E-state index contributed by atoms with van der Waals surface area (Å²) < 4.78 is 9.62. The Morgan fingerprint density at radius 1 is 0.667 bits per heavy atom. The number of benzene rings is 3. The molecule has 6 atom stereocenters. The van der Waals surface area contributed by atoms with Crippen LogP contribution < -0.4 is 10.6 Å². The van der Waals surface area contributed by atoms with Gasteiger partial charge in [0.25, 0.3) is 0 Å². The van der Waals surface area contributed by atoms with Gasteiger partial charge >= 0.3 is 12.2 Å². The van der Waals surface area contributed by atoms with Gasteiger partial charge in [0, 0.05) is 18.7 Å². The van der Waals surface area contributed by atoms with Gasteiger partial charge in [0.1, 0.15) is 23.7 Å². The summed E-state index contributed by atoms with van der Waals surface area (Å²) in [4.78, 5) is 72.3. The normalized spacial score (nSPS) is 21.3. The molecule has 2 aromatic heterocycles. The van der Waals surface area contributed by atoms with E-state index in [0.717, 1.165) is 71.6 Å². The molecule has 3 fully saturated rings. The van der Waals surface area contributed by atoms with Gasteiger partial charge in [-0.25, -0.2) is 19.6 Å². The maximum Gasteiger partial charge on any atom is 0.407 e. The van der Waals surface area contributed by atoms with Gasteiger partial charge in [0.15, 0.2) is 0 Å². The lowest BCUT2D eigenvalue weighted by molar-refractivity contribution is -0.136. The van der Waals surface area contributed by atoms with E-state index >= 15 is 0 Å². The lowest BCUT2D eigenvalue weighted by atomic mass is 9.82. The minimum atomic E-state index is -0.688. The van der Waals surface area contributed by atoms with E-state index in [9.17, 15) is 19.2 Å². The van der Waals surface area contributed by atoms with Gasteiger partial charge in [-0.3, -0.25) is 9.59 Å². The zero-order valence-corrected chi connectivity index (χ0v) is 37.0. The first-order valence-electron chi connectivity index (χ1n) is 22.6. The van der Waals surface area contributed by atoms with E-state index in [4.69, 9.17) is 19.4 Å². The number of H-pyrrole nitrogens is 2. The van der Waals surface area contributed by atoms with E-state index in [-0.39, 0.29) is 35.7 Å². The Balaban J connectivity index is 0.943. The third-order valence-electron chi connectivity index (χ3n) is 13.9. The molecule has 9 rings (SSSR count). The number of carbonyl (C=O) groups excluding carboxylic acids is 4. The summed E-state index contributed by atoms with van der Waals surface area (Å²) in [5.41, 5.74) is 11.4. The van der Waals surface area contributed by atoms with E-state index in [2.05, 4.69) is 69.1 Å². The molecule has 0 spiro atoms. The number of likely N-dealkylation sites (tertiary alicyclic amines) is 2. The van der Waals surface area contributed by atoms with Crippen LogP contribution in [-0.4, -0.2) is 93.1 Å². The molecule has 4 N–H and O–H groups in total. The minimum Gasteiger partial charge on any atom is -0.453 e. The Labute approximate surface area is 367 Å². The van der Waals surface area contributed by atoms with Crippen LogP contribution in [0.15, 0.2) is 60.8 Å². The van der Waals surface area contributed by atoms with E-state index in [0.29, 0.717) is 24.9 Å². The minimum absolute atomic E-state index is 0.101. The smallest absolute Gasteiger partial charge is 0.407 e. The van der Waals surface area contributed by atoms with Crippen LogP contribution in [-0.2, 0) is 19.1 Å². The van der Waals surface area contributed by atoms with Gasteiger partial charge in [0.2, 0.25) is 11.8 Å². The molecular weight excluding hydrogens is 797 g/mol. The third-order valence-corrected chi connectivity index (χ3v) is 13.9. The van der Waals surface area contributed by atoms with Crippen molar-refractivity contribution < 1.29 is 28.7 Å². The fraction of sp³-hybridized carbons (Fsp3) is 0.469. The second-order valence-electron chi connectivity index (χ2n) is 18.4. The number of carbonyl (C=O) groups is 4. The molecule has 14 heteroatoms. The Morgan fingerprint density at radius 3 is 1.79 bits per heavy atom. The van der Waals surface area contributed by atoms with Crippen molar-refractivity contribution in [1.29, 1.82) is 0 Å². The topological polar surface area (TPSA) is 175 Å². The summed E-state index contributed by atoms with van der Waals surface area (Å²) in [7, 11) is 2.61. The Hall–Kier alpha value is -6.18. The van der Waals surface area contributed by atoms with Crippen molar-refractivity contribution in [1.82, 2.24) is 40.4 Å². The first-order valence-corrected chi connectivity index (χ1v) is 22.6. The molecule has 4 amide bonds. The van der Waals surface area contributed by atoms with Crippen molar-refractivity contribution in [2.75, 3.05) is 27.3 Å². The number of hydrogen-bond donors (Lipinski definition) is 4. The molecule has 6 unspecified atom stereocenters. The Kier molecular flexibility index (Phi) is 11.5.